The SMILES string of the molecule is CCCCC[C@H]1CC[C@H](CCCOc2ccc(COc3ccc4ccccc4c3-c3c(OCc4ccc(OCCC[C@H]5CC[C@H](CCCCC)CC5)cc4)ccc4ccccc34)cc2)CC1. The highest BCUT2D eigenvalue weighted by atomic mass is 16.5. The number of unbranched alkanes of at least 4 members (excludes halogenated alkanes) is 4. The fourth-order valence-electron chi connectivity index (χ4n) is 11.1. The van der Waals surface area contributed by atoms with Crippen molar-refractivity contribution >= 4 is 21.5 Å². The van der Waals surface area contributed by atoms with E-state index in [4.69, 9.17) is 18.9 Å². The molecular formula is C62H78O4. The van der Waals surface area contributed by atoms with Crippen LogP contribution in [0.15, 0.2) is 121 Å². The Morgan fingerprint density at radius 1 is 0.364 bits per heavy atom. The van der Waals surface area contributed by atoms with E-state index in [2.05, 4.69) is 135 Å². The Balaban J connectivity index is 0.869. The zero-order chi connectivity index (χ0) is 45.2. The molecule has 0 saturated heterocycles. The molecule has 4 heteroatoms. The second-order valence-corrected chi connectivity index (χ2v) is 19.9. The quantitative estimate of drug-likeness (QED) is 0.0537. The Morgan fingerprint density at radius 3 is 1.11 bits per heavy atom. The number of benzene rings is 6. The van der Waals surface area contributed by atoms with E-state index >= 15 is 0 Å². The number of hydrogen-bond acceptors (Lipinski definition) is 4. The summed E-state index contributed by atoms with van der Waals surface area (Å²) in [6.07, 6.45) is 27.4. The second kappa shape index (κ2) is 25.3. The average Bonchev–Trinajstić information content (AvgIpc) is 3.37. The molecule has 66 heavy (non-hydrogen) atoms. The van der Waals surface area contributed by atoms with Crippen LogP contribution in [0.25, 0.3) is 32.7 Å². The van der Waals surface area contributed by atoms with Gasteiger partial charge in [-0.05, 0) is 118 Å². The molecule has 0 N–H and O–H groups in total. The summed E-state index contributed by atoms with van der Waals surface area (Å²) in [6, 6.07) is 42.7. The first-order chi connectivity index (χ1) is 32.6. The molecule has 2 aliphatic carbocycles. The molecule has 350 valence electrons. The maximum atomic E-state index is 6.79. The Hall–Kier alpha value is -4.96. The Morgan fingerprint density at radius 2 is 0.727 bits per heavy atom. The van der Waals surface area contributed by atoms with Gasteiger partial charge in [-0.1, -0.05) is 202 Å². The van der Waals surface area contributed by atoms with E-state index in [-0.39, 0.29) is 0 Å². The minimum Gasteiger partial charge on any atom is -0.494 e. The smallest absolute Gasteiger partial charge is 0.128 e. The van der Waals surface area contributed by atoms with Crippen LogP contribution >= 0.6 is 0 Å². The molecule has 8 rings (SSSR count). The summed E-state index contributed by atoms with van der Waals surface area (Å²) in [5.41, 5.74) is 4.31. The highest BCUT2D eigenvalue weighted by Crippen LogP contribution is 2.46. The summed E-state index contributed by atoms with van der Waals surface area (Å²) in [4.78, 5) is 0. The monoisotopic (exact) mass is 887 g/mol. The van der Waals surface area contributed by atoms with E-state index < -0.39 is 0 Å². The molecule has 2 aliphatic rings. The maximum Gasteiger partial charge on any atom is 0.128 e. The van der Waals surface area contributed by atoms with Crippen LogP contribution in [-0.4, -0.2) is 13.2 Å². The van der Waals surface area contributed by atoms with Gasteiger partial charge in [-0.25, -0.2) is 0 Å². The second-order valence-electron chi connectivity index (χ2n) is 19.9. The number of fused-ring (bicyclic) bond motifs is 2. The molecule has 0 heterocycles. The zero-order valence-corrected chi connectivity index (χ0v) is 40.5. The van der Waals surface area contributed by atoms with Crippen molar-refractivity contribution < 1.29 is 18.9 Å². The first-order valence-electron chi connectivity index (χ1n) is 26.4. The molecule has 0 spiro atoms. The third-order valence-corrected chi connectivity index (χ3v) is 15.1. The standard InChI is InChI=1S/C62H78O4/c1-3-5-7-15-47-23-27-49(28-24-47)17-13-43-63-55-37-31-51(32-38-55)45-65-59-41-35-53-19-9-11-21-57(53)61(59)62-58-22-12-10-20-54(58)36-42-60(62)66-46-52-33-39-56(40-34-52)64-44-14-18-50-29-25-48(26-30-50)16-8-6-4-2/h9-12,19-22,31-42,47-50H,3-8,13-18,23-30,43-46H2,1-2H3/t47-,48-,49-,50-. The molecule has 0 radical (unpaired) electrons. The number of ether oxygens (including phenoxy) is 4. The third kappa shape index (κ3) is 13.6. The third-order valence-electron chi connectivity index (χ3n) is 15.1. The molecule has 4 nitrogen and oxygen atoms in total. The van der Waals surface area contributed by atoms with E-state index in [9.17, 15) is 0 Å². The first-order valence-corrected chi connectivity index (χ1v) is 26.4. The van der Waals surface area contributed by atoms with Crippen molar-refractivity contribution in [2.24, 2.45) is 23.7 Å². The highest BCUT2D eigenvalue weighted by Gasteiger charge is 2.23. The minimum absolute atomic E-state index is 0.447. The highest BCUT2D eigenvalue weighted by molar-refractivity contribution is 6.09. The van der Waals surface area contributed by atoms with Crippen LogP contribution in [0.5, 0.6) is 23.0 Å². The predicted molar refractivity (Wildman–Crippen MR) is 277 cm³/mol. The summed E-state index contributed by atoms with van der Waals surface area (Å²) in [5.74, 6) is 7.24. The molecule has 2 saturated carbocycles. The van der Waals surface area contributed by atoms with Gasteiger partial charge in [0.15, 0.2) is 0 Å². The van der Waals surface area contributed by atoms with Gasteiger partial charge in [0.25, 0.3) is 0 Å². The lowest BCUT2D eigenvalue weighted by molar-refractivity contribution is 0.228. The Bertz CT molecular complexity index is 2160. The lowest BCUT2D eigenvalue weighted by Gasteiger charge is -2.28. The molecule has 0 bridgehead atoms. The molecule has 2 fully saturated rings. The zero-order valence-electron chi connectivity index (χ0n) is 40.5. The first kappa shape index (κ1) is 47.5. The maximum absolute atomic E-state index is 6.79. The van der Waals surface area contributed by atoms with Gasteiger partial charge in [-0.15, -0.1) is 0 Å². The van der Waals surface area contributed by atoms with Gasteiger partial charge in [-0.3, -0.25) is 0 Å². The molecule has 6 aromatic carbocycles. The summed E-state index contributed by atoms with van der Waals surface area (Å²) in [7, 11) is 0. The van der Waals surface area contributed by atoms with E-state index in [0.717, 1.165) is 117 Å². The van der Waals surface area contributed by atoms with Crippen molar-refractivity contribution in [2.75, 3.05) is 13.2 Å². The normalized spacial score (nSPS) is 18.6. The summed E-state index contributed by atoms with van der Waals surface area (Å²) >= 11 is 0. The van der Waals surface area contributed by atoms with Crippen molar-refractivity contribution in [3.05, 3.63) is 132 Å². The molecule has 6 aromatic rings. The average molecular weight is 887 g/mol. The lowest BCUT2D eigenvalue weighted by atomic mass is 9.78. The van der Waals surface area contributed by atoms with Gasteiger partial charge in [-0.2, -0.15) is 0 Å². The van der Waals surface area contributed by atoms with Crippen LogP contribution in [0.2, 0.25) is 0 Å². The number of rotatable bonds is 25. The van der Waals surface area contributed by atoms with Crippen molar-refractivity contribution in [3.8, 4) is 34.1 Å². The van der Waals surface area contributed by atoms with Crippen LogP contribution in [0.1, 0.15) is 153 Å². The summed E-state index contributed by atoms with van der Waals surface area (Å²) < 4.78 is 26.0. The summed E-state index contributed by atoms with van der Waals surface area (Å²) in [6.45, 7) is 7.07. The predicted octanol–water partition coefficient (Wildman–Crippen LogP) is 17.9. The largest absolute Gasteiger partial charge is 0.494 e. The molecule has 0 aromatic heterocycles. The molecule has 0 amide bonds. The fraction of sp³-hybridized carbons (Fsp3) is 0.484. The van der Waals surface area contributed by atoms with Crippen LogP contribution < -0.4 is 18.9 Å². The van der Waals surface area contributed by atoms with Crippen LogP contribution in [0, 0.1) is 23.7 Å². The Kier molecular flexibility index (Phi) is 18.2. The fourth-order valence-corrected chi connectivity index (χ4v) is 11.1. The lowest BCUT2D eigenvalue weighted by Crippen LogP contribution is -2.15. The Labute approximate surface area is 397 Å². The van der Waals surface area contributed by atoms with Gasteiger partial charge in [0, 0.05) is 11.1 Å². The van der Waals surface area contributed by atoms with Crippen molar-refractivity contribution in [3.63, 3.8) is 0 Å². The topological polar surface area (TPSA) is 36.9 Å². The van der Waals surface area contributed by atoms with Crippen molar-refractivity contribution in [1.29, 1.82) is 0 Å². The molecule has 0 aliphatic heterocycles. The molecule has 0 atom stereocenters. The van der Waals surface area contributed by atoms with Crippen LogP contribution in [-0.2, 0) is 13.2 Å². The summed E-state index contributed by atoms with van der Waals surface area (Å²) in [5, 5.41) is 4.60. The van der Waals surface area contributed by atoms with Gasteiger partial charge in [0.05, 0.1) is 13.2 Å². The van der Waals surface area contributed by atoms with Gasteiger partial charge < -0.3 is 18.9 Å². The van der Waals surface area contributed by atoms with E-state index in [0.29, 0.717) is 13.2 Å². The van der Waals surface area contributed by atoms with E-state index in [1.54, 1.807) is 0 Å². The van der Waals surface area contributed by atoms with Crippen molar-refractivity contribution in [1.82, 2.24) is 0 Å². The minimum atomic E-state index is 0.447. The van der Waals surface area contributed by atoms with Gasteiger partial charge >= 0.3 is 0 Å². The van der Waals surface area contributed by atoms with E-state index in [1.807, 2.05) is 0 Å². The molecule has 0 unspecified atom stereocenters. The molecular weight excluding hydrogens is 809 g/mol. The van der Waals surface area contributed by atoms with Crippen molar-refractivity contribution in [2.45, 2.75) is 155 Å². The van der Waals surface area contributed by atoms with Crippen LogP contribution in [0.4, 0.5) is 0 Å². The van der Waals surface area contributed by atoms with E-state index in [1.165, 1.54) is 116 Å². The number of hydrogen-bond donors (Lipinski definition) is 0. The van der Waals surface area contributed by atoms with Crippen LogP contribution in [0.3, 0.4) is 0 Å². The van der Waals surface area contributed by atoms with Gasteiger partial charge in [0.1, 0.15) is 36.2 Å². The van der Waals surface area contributed by atoms with Gasteiger partial charge in [0.2, 0.25) is 0 Å².